The molecule has 2 N–H and O–H groups in total. The van der Waals surface area contributed by atoms with Crippen molar-refractivity contribution in [3.8, 4) is 0 Å². The molecule has 0 saturated carbocycles. The van der Waals surface area contributed by atoms with Gasteiger partial charge in [0.05, 0.1) is 6.54 Å². The molecule has 0 aliphatic rings. The van der Waals surface area contributed by atoms with E-state index >= 15 is 0 Å². The van der Waals surface area contributed by atoms with Gasteiger partial charge in [0, 0.05) is 13.3 Å². The van der Waals surface area contributed by atoms with Crippen molar-refractivity contribution in [1.29, 1.82) is 0 Å². The summed E-state index contributed by atoms with van der Waals surface area (Å²) in [5, 5.41) is 13.5. The number of nitrogens with one attached hydrogen (secondary N) is 1. The van der Waals surface area contributed by atoms with Crippen LogP contribution in [0.1, 0.15) is 19.8 Å². The molecule has 7 nitrogen and oxygen atoms in total. The molecule has 0 rings (SSSR count). The molecule has 0 saturated heterocycles. The fraction of sp³-hybridized carbons (Fsp3) is 0.625. The van der Waals surface area contributed by atoms with Crippen LogP contribution in [0.5, 0.6) is 0 Å². The summed E-state index contributed by atoms with van der Waals surface area (Å²) in [5.74, 6) is -2.05. The van der Waals surface area contributed by atoms with Gasteiger partial charge < -0.3 is 21.1 Å². The van der Waals surface area contributed by atoms with Gasteiger partial charge in [-0.3, -0.25) is 9.59 Å². The maximum atomic E-state index is 10.9. The number of carbonyl (C=O) groups is 3. The number of amides is 1. The van der Waals surface area contributed by atoms with E-state index in [4.69, 9.17) is 10.6 Å². The number of hydrogen-bond donors (Lipinski definition) is 2. The van der Waals surface area contributed by atoms with Gasteiger partial charge >= 0.3 is 5.97 Å². The van der Waals surface area contributed by atoms with Crippen molar-refractivity contribution in [3.63, 3.8) is 0 Å². The molecule has 0 aromatic heterocycles. The number of hydrogen-bond acceptors (Lipinski definition) is 4. The van der Waals surface area contributed by atoms with E-state index in [1.807, 2.05) is 0 Å². The third kappa shape index (κ3) is 6.30. The summed E-state index contributed by atoms with van der Waals surface area (Å²) in [7, 11) is 0. The molecule has 84 valence electrons. The van der Waals surface area contributed by atoms with Crippen LogP contribution in [0.2, 0.25) is 0 Å². The number of Topliss-reactive ketones (excluding diaryl/α,β-unsaturated/α-hetero) is 1. The first-order chi connectivity index (χ1) is 6.97. The van der Waals surface area contributed by atoms with Crippen molar-refractivity contribution in [2.75, 3.05) is 6.54 Å². The number of rotatable bonds is 7. The van der Waals surface area contributed by atoms with Crippen molar-refractivity contribution in [2.45, 2.75) is 25.8 Å². The predicted octanol–water partition coefficient (Wildman–Crippen LogP) is -0.0534. The monoisotopic (exact) mass is 214 g/mol. The Bertz CT molecular complexity index is 277. The highest BCUT2D eigenvalue weighted by atomic mass is 16.4. The largest absolute Gasteiger partial charge is 0.712 e. The Morgan fingerprint density at radius 1 is 1.47 bits per heavy atom. The van der Waals surface area contributed by atoms with Gasteiger partial charge in [-0.15, -0.1) is 0 Å². The first-order valence-electron chi connectivity index (χ1n) is 4.29. The average Bonchev–Trinajstić information content (AvgIpc) is 2.11. The molecule has 0 spiro atoms. The first kappa shape index (κ1) is 13.2. The van der Waals surface area contributed by atoms with E-state index in [9.17, 15) is 14.4 Å². The van der Waals surface area contributed by atoms with E-state index in [0.717, 1.165) is 0 Å². The van der Waals surface area contributed by atoms with Crippen LogP contribution in [0.15, 0.2) is 5.11 Å². The smallest absolute Gasteiger partial charge is 0.326 e. The molecule has 0 aromatic rings. The quantitative estimate of drug-likeness (QED) is 0.577. The minimum Gasteiger partial charge on any atom is -0.712 e. The Balaban J connectivity index is 4.06. The normalized spacial score (nSPS) is 11.5. The zero-order chi connectivity index (χ0) is 11.8. The van der Waals surface area contributed by atoms with E-state index < -0.39 is 17.9 Å². The van der Waals surface area contributed by atoms with E-state index in [2.05, 4.69) is 10.4 Å². The number of ketones is 1. The number of carboxylic acid groups (broad SMARTS) is 1. The van der Waals surface area contributed by atoms with E-state index in [1.165, 1.54) is 6.92 Å². The van der Waals surface area contributed by atoms with Crippen LogP contribution in [0, 0.1) is 0 Å². The number of nitrogens with zero attached hydrogens (tertiary/aromatic N) is 2. The minimum absolute atomic E-state index is 0.0106. The van der Waals surface area contributed by atoms with Crippen molar-refractivity contribution in [1.82, 2.24) is 5.32 Å². The third-order valence-electron chi connectivity index (χ3n) is 1.63. The summed E-state index contributed by atoms with van der Waals surface area (Å²) in [4.78, 5) is 32.1. The van der Waals surface area contributed by atoms with Crippen LogP contribution in [0.4, 0.5) is 0 Å². The molecule has 7 heteroatoms. The Morgan fingerprint density at radius 3 is 2.47 bits per heavy atom. The Hall–Kier alpha value is -1.79. The molecule has 0 unspecified atom stereocenters. The molecule has 15 heavy (non-hydrogen) atoms. The number of carbonyl (C=O) groups excluding carboxylic acids is 2. The maximum absolute atomic E-state index is 10.9. The zero-order valence-electron chi connectivity index (χ0n) is 8.27. The van der Waals surface area contributed by atoms with Gasteiger partial charge in [0.25, 0.3) is 0 Å². The molecular weight excluding hydrogens is 202 g/mol. The fourth-order valence-electron chi connectivity index (χ4n) is 0.966. The Labute approximate surface area is 86.4 Å². The predicted molar refractivity (Wildman–Crippen MR) is 50.1 cm³/mol. The highest BCUT2D eigenvalue weighted by Crippen LogP contribution is 1.99. The van der Waals surface area contributed by atoms with Crippen LogP contribution < -0.4 is 5.32 Å². The topological polar surface area (TPSA) is 118 Å². The molecule has 0 fully saturated rings. The lowest BCUT2D eigenvalue weighted by Gasteiger charge is -2.12. The number of aliphatic carboxylic acids is 1. The lowest BCUT2D eigenvalue weighted by atomic mass is 10.1. The van der Waals surface area contributed by atoms with Crippen molar-refractivity contribution in [3.05, 3.63) is 5.53 Å². The summed E-state index contributed by atoms with van der Waals surface area (Å²) in [6, 6.07) is -1.08. The summed E-state index contributed by atoms with van der Waals surface area (Å²) in [5.41, 5.74) is 8.07. The summed E-state index contributed by atoms with van der Waals surface area (Å²) in [6.45, 7) is 0.841. The van der Waals surface area contributed by atoms with Gasteiger partial charge in [0.2, 0.25) is 5.91 Å². The molecule has 0 heterocycles. The average molecular weight is 214 g/mol. The van der Waals surface area contributed by atoms with Gasteiger partial charge in [0.1, 0.15) is 6.04 Å². The second kappa shape index (κ2) is 6.63. The summed E-state index contributed by atoms with van der Waals surface area (Å²) >= 11 is 0. The van der Waals surface area contributed by atoms with Crippen LogP contribution in [-0.2, 0) is 14.4 Å². The first-order valence-corrected chi connectivity index (χ1v) is 4.29. The highest BCUT2D eigenvalue weighted by Gasteiger charge is 2.18. The minimum atomic E-state index is -1.20. The zero-order valence-corrected chi connectivity index (χ0v) is 8.27. The lowest BCUT2D eigenvalue weighted by molar-refractivity contribution is -0.141. The van der Waals surface area contributed by atoms with Crippen molar-refractivity contribution < 1.29 is 19.5 Å². The van der Waals surface area contributed by atoms with Gasteiger partial charge in [0.15, 0.2) is 5.78 Å². The molecule has 0 bridgehead atoms. The van der Waals surface area contributed by atoms with Gasteiger partial charge in [-0.25, -0.2) is 4.79 Å². The molecular formula is C8H12N3O4-. The van der Waals surface area contributed by atoms with E-state index in [0.29, 0.717) is 0 Å². The molecule has 1 amide bonds. The van der Waals surface area contributed by atoms with Crippen LogP contribution in [0.25, 0.3) is 5.53 Å². The van der Waals surface area contributed by atoms with Gasteiger partial charge in [-0.2, -0.15) is 0 Å². The van der Waals surface area contributed by atoms with Crippen LogP contribution in [0.3, 0.4) is 0 Å². The standard InChI is InChI=1S/C8H12N3O4/c1-5(12)11-7(8(14)15)3-2-6(13)4-10-9/h7H,2-4H2,1H3,(H,11,12)(H,14,15)/q-1/t7-/m0/s1. The second-order valence-electron chi connectivity index (χ2n) is 2.97. The highest BCUT2D eigenvalue weighted by molar-refractivity contribution is 5.84. The lowest BCUT2D eigenvalue weighted by Crippen LogP contribution is -2.39. The summed E-state index contributed by atoms with van der Waals surface area (Å²) in [6.07, 6.45) is -0.0649. The maximum Gasteiger partial charge on any atom is 0.326 e. The third-order valence-corrected chi connectivity index (χ3v) is 1.63. The van der Waals surface area contributed by atoms with Crippen molar-refractivity contribution >= 4 is 17.7 Å². The number of carboxylic acids is 1. The molecule has 0 aliphatic heterocycles. The summed E-state index contributed by atoms with van der Waals surface area (Å²) < 4.78 is 0. The van der Waals surface area contributed by atoms with Gasteiger partial charge in [-0.1, -0.05) is 0 Å². The SMILES string of the molecule is CC(=O)N[C@@H](CCC(=O)CN=[N-])C(=O)O. The van der Waals surface area contributed by atoms with E-state index in [1.54, 1.807) is 0 Å². The van der Waals surface area contributed by atoms with Gasteiger partial charge in [-0.05, 0) is 6.42 Å². The fourth-order valence-corrected chi connectivity index (χ4v) is 0.966. The molecule has 0 radical (unpaired) electrons. The Morgan fingerprint density at radius 2 is 2.07 bits per heavy atom. The molecule has 0 aliphatic carbocycles. The van der Waals surface area contributed by atoms with Crippen molar-refractivity contribution in [2.24, 2.45) is 5.11 Å². The van der Waals surface area contributed by atoms with Crippen LogP contribution in [-0.4, -0.2) is 35.4 Å². The molecule has 0 aromatic carbocycles. The second-order valence-corrected chi connectivity index (χ2v) is 2.97. The van der Waals surface area contributed by atoms with E-state index in [-0.39, 0.29) is 25.2 Å². The Kier molecular flexibility index (Phi) is 5.84. The molecule has 1 atom stereocenters. The van der Waals surface area contributed by atoms with Crippen LogP contribution >= 0.6 is 0 Å².